The number of carbonyl (C=O) groups is 3. The van der Waals surface area contributed by atoms with E-state index in [1.165, 1.54) is 6.20 Å². The summed E-state index contributed by atoms with van der Waals surface area (Å²) >= 11 is 3.31. The lowest BCUT2D eigenvalue weighted by atomic mass is 9.96. The molecule has 6 nitrogen and oxygen atoms in total. The van der Waals surface area contributed by atoms with Gasteiger partial charge >= 0.3 is 5.97 Å². The van der Waals surface area contributed by atoms with Crippen molar-refractivity contribution in [1.29, 1.82) is 0 Å². The Bertz CT molecular complexity index is 640. The molecule has 0 atom stereocenters. The second kappa shape index (κ2) is 6.53. The molecular formula is C14H13BrN2O4. The van der Waals surface area contributed by atoms with Crippen LogP contribution < -0.4 is 10.6 Å². The Morgan fingerprint density at radius 1 is 1.29 bits per heavy atom. The highest BCUT2D eigenvalue weighted by molar-refractivity contribution is 9.10. The van der Waals surface area contributed by atoms with Crippen molar-refractivity contribution in [3.8, 4) is 0 Å². The van der Waals surface area contributed by atoms with Gasteiger partial charge in [-0.05, 0) is 24.6 Å². The smallest absolute Gasteiger partial charge is 0.303 e. The average Bonchev–Trinajstić information content (AvgIpc) is 2.41. The summed E-state index contributed by atoms with van der Waals surface area (Å²) in [5.41, 5.74) is 1.32. The molecule has 1 aliphatic rings. The number of fused-ring (bicyclic) bond motifs is 1. The molecular weight excluding hydrogens is 340 g/mol. The van der Waals surface area contributed by atoms with Crippen molar-refractivity contribution in [3.05, 3.63) is 40.0 Å². The van der Waals surface area contributed by atoms with E-state index in [0.29, 0.717) is 29.7 Å². The number of carbonyl (C=O) groups excluding carboxylic acids is 2. The molecule has 2 amide bonds. The number of imide groups is 1. The van der Waals surface area contributed by atoms with Crippen molar-refractivity contribution in [3.63, 3.8) is 0 Å². The normalized spacial score (nSPS) is 15.6. The van der Waals surface area contributed by atoms with Crippen LogP contribution in [0.3, 0.4) is 0 Å². The first-order valence-electron chi connectivity index (χ1n) is 6.30. The third-order valence-corrected chi connectivity index (χ3v) is 3.44. The molecule has 7 heteroatoms. The van der Waals surface area contributed by atoms with Gasteiger partial charge in [0.25, 0.3) is 11.8 Å². The molecule has 0 fully saturated rings. The first kappa shape index (κ1) is 15.2. The number of nitrogens with one attached hydrogen (secondary N) is 2. The monoisotopic (exact) mass is 352 g/mol. The molecule has 0 aliphatic carbocycles. The quantitative estimate of drug-likeness (QED) is 0.424. The second-order valence-corrected chi connectivity index (χ2v) is 5.40. The fourth-order valence-corrected chi connectivity index (χ4v) is 2.32. The number of rotatable bonds is 5. The molecule has 0 radical (unpaired) electrons. The van der Waals surface area contributed by atoms with Gasteiger partial charge in [0, 0.05) is 34.8 Å². The minimum atomic E-state index is -0.861. The van der Waals surface area contributed by atoms with Gasteiger partial charge < -0.3 is 10.4 Å². The summed E-state index contributed by atoms with van der Waals surface area (Å²) in [6.45, 7) is 0.431. The van der Waals surface area contributed by atoms with Crippen LogP contribution in [0.25, 0.3) is 5.57 Å². The van der Waals surface area contributed by atoms with Crippen LogP contribution in [-0.4, -0.2) is 29.4 Å². The number of carboxylic acids is 1. The molecule has 1 heterocycles. The van der Waals surface area contributed by atoms with E-state index in [-0.39, 0.29) is 6.42 Å². The van der Waals surface area contributed by atoms with Crippen molar-refractivity contribution in [2.24, 2.45) is 0 Å². The topological polar surface area (TPSA) is 95.5 Å². The van der Waals surface area contributed by atoms with Gasteiger partial charge in [0.05, 0.1) is 5.57 Å². The van der Waals surface area contributed by atoms with Crippen molar-refractivity contribution >= 4 is 39.3 Å². The number of amides is 2. The number of aliphatic carboxylic acids is 1. The summed E-state index contributed by atoms with van der Waals surface area (Å²) in [6, 6.07) is 5.07. The van der Waals surface area contributed by atoms with Crippen LogP contribution in [0.1, 0.15) is 28.8 Å². The molecule has 1 aromatic rings. The maximum Gasteiger partial charge on any atom is 0.303 e. The lowest BCUT2D eigenvalue weighted by Gasteiger charge is -2.18. The predicted molar refractivity (Wildman–Crippen MR) is 79.5 cm³/mol. The van der Waals surface area contributed by atoms with Gasteiger partial charge in [-0.15, -0.1) is 0 Å². The summed E-state index contributed by atoms with van der Waals surface area (Å²) in [5.74, 6) is -1.76. The van der Waals surface area contributed by atoms with E-state index >= 15 is 0 Å². The molecule has 2 rings (SSSR count). The lowest BCUT2D eigenvalue weighted by molar-refractivity contribution is -0.137. The zero-order valence-electron chi connectivity index (χ0n) is 11.0. The molecule has 0 saturated heterocycles. The summed E-state index contributed by atoms with van der Waals surface area (Å²) < 4.78 is 0.764. The van der Waals surface area contributed by atoms with E-state index in [1.54, 1.807) is 18.2 Å². The highest BCUT2D eigenvalue weighted by atomic mass is 79.9. The van der Waals surface area contributed by atoms with Crippen LogP contribution in [0.15, 0.2) is 28.9 Å². The summed E-state index contributed by atoms with van der Waals surface area (Å²) in [4.78, 5) is 34.0. The van der Waals surface area contributed by atoms with E-state index in [0.717, 1.165) is 4.47 Å². The highest BCUT2D eigenvalue weighted by Gasteiger charge is 2.27. The van der Waals surface area contributed by atoms with Crippen LogP contribution >= 0.6 is 15.9 Å². The Labute approximate surface area is 129 Å². The van der Waals surface area contributed by atoms with Crippen LogP contribution in [0.5, 0.6) is 0 Å². The maximum absolute atomic E-state index is 11.9. The van der Waals surface area contributed by atoms with Crippen molar-refractivity contribution < 1.29 is 19.5 Å². The highest BCUT2D eigenvalue weighted by Crippen LogP contribution is 2.26. The third-order valence-electron chi connectivity index (χ3n) is 2.95. The molecule has 0 bridgehead atoms. The van der Waals surface area contributed by atoms with Gasteiger partial charge in [-0.3, -0.25) is 19.7 Å². The van der Waals surface area contributed by atoms with Gasteiger partial charge in [-0.2, -0.15) is 0 Å². The number of halogens is 1. The number of hydrogen-bond acceptors (Lipinski definition) is 4. The molecule has 1 aromatic carbocycles. The minimum absolute atomic E-state index is 0.0585. The van der Waals surface area contributed by atoms with E-state index in [9.17, 15) is 14.4 Å². The Morgan fingerprint density at radius 2 is 2.05 bits per heavy atom. The van der Waals surface area contributed by atoms with E-state index in [2.05, 4.69) is 26.6 Å². The van der Waals surface area contributed by atoms with Crippen LogP contribution in [0.4, 0.5) is 0 Å². The average molecular weight is 353 g/mol. The van der Waals surface area contributed by atoms with Crippen LogP contribution in [0.2, 0.25) is 0 Å². The maximum atomic E-state index is 11.9. The van der Waals surface area contributed by atoms with E-state index < -0.39 is 17.8 Å². The lowest BCUT2D eigenvalue weighted by Crippen LogP contribution is -2.37. The number of hydrogen-bond donors (Lipinski definition) is 3. The molecule has 1 aliphatic heterocycles. The summed E-state index contributed by atoms with van der Waals surface area (Å²) in [5, 5.41) is 13.7. The van der Waals surface area contributed by atoms with Crippen LogP contribution in [0, 0.1) is 0 Å². The summed E-state index contributed by atoms with van der Waals surface area (Å²) in [6.07, 6.45) is 2.02. The SMILES string of the molecule is O=C(O)CCCNC=C1C(=O)NC(=O)c2ccc(Br)cc21. The van der Waals surface area contributed by atoms with Crippen molar-refractivity contribution in [2.75, 3.05) is 6.54 Å². The van der Waals surface area contributed by atoms with Crippen LogP contribution in [-0.2, 0) is 9.59 Å². The molecule has 0 saturated carbocycles. The zero-order chi connectivity index (χ0) is 15.4. The van der Waals surface area contributed by atoms with Crippen molar-refractivity contribution in [2.45, 2.75) is 12.8 Å². The molecule has 110 valence electrons. The molecule has 0 spiro atoms. The third kappa shape index (κ3) is 3.69. The molecule has 0 unspecified atom stereocenters. The Morgan fingerprint density at radius 3 is 2.76 bits per heavy atom. The largest absolute Gasteiger partial charge is 0.481 e. The Balaban J connectivity index is 2.17. The minimum Gasteiger partial charge on any atom is -0.481 e. The number of benzene rings is 1. The second-order valence-electron chi connectivity index (χ2n) is 4.48. The molecule has 3 N–H and O–H groups in total. The number of carboxylic acid groups (broad SMARTS) is 1. The molecule has 21 heavy (non-hydrogen) atoms. The van der Waals surface area contributed by atoms with Crippen molar-refractivity contribution in [1.82, 2.24) is 10.6 Å². The fraction of sp³-hybridized carbons (Fsp3) is 0.214. The summed E-state index contributed by atoms with van der Waals surface area (Å²) in [7, 11) is 0. The van der Waals surface area contributed by atoms with E-state index in [4.69, 9.17) is 5.11 Å². The van der Waals surface area contributed by atoms with Gasteiger partial charge in [0.2, 0.25) is 0 Å². The van der Waals surface area contributed by atoms with Gasteiger partial charge in [0.1, 0.15) is 0 Å². The van der Waals surface area contributed by atoms with Gasteiger partial charge in [-0.1, -0.05) is 15.9 Å². The Kier molecular flexibility index (Phi) is 4.74. The van der Waals surface area contributed by atoms with E-state index in [1.807, 2.05) is 0 Å². The first-order chi connectivity index (χ1) is 9.99. The first-order valence-corrected chi connectivity index (χ1v) is 7.09. The fourth-order valence-electron chi connectivity index (χ4n) is 1.96. The van der Waals surface area contributed by atoms with Gasteiger partial charge in [0.15, 0.2) is 0 Å². The van der Waals surface area contributed by atoms with Gasteiger partial charge in [-0.25, -0.2) is 0 Å². The predicted octanol–water partition coefficient (Wildman–Crippen LogP) is 1.51. The molecule has 0 aromatic heterocycles. The standard InChI is InChI=1S/C14H13BrN2O4/c15-8-3-4-9-10(6-8)11(14(21)17-13(9)20)7-16-5-1-2-12(18)19/h3-4,6-7,16H,1-2,5H2,(H,18,19)(H,17,20,21). The zero-order valence-corrected chi connectivity index (χ0v) is 12.6. The Hall–Kier alpha value is -2.15.